The molecule has 0 heterocycles. The van der Waals surface area contributed by atoms with E-state index >= 15 is 0 Å². The molecule has 0 aliphatic rings. The largest absolute Gasteiger partial charge is 0.416 e. The predicted molar refractivity (Wildman–Crippen MR) is 83.8 cm³/mol. The summed E-state index contributed by atoms with van der Waals surface area (Å²) in [6, 6.07) is 7.54. The lowest BCUT2D eigenvalue weighted by molar-refractivity contribution is -0.137. The van der Waals surface area contributed by atoms with Crippen molar-refractivity contribution in [2.45, 2.75) is 26.9 Å². The van der Waals surface area contributed by atoms with E-state index in [1.807, 2.05) is 26.8 Å². The van der Waals surface area contributed by atoms with Crippen LogP contribution in [0.2, 0.25) is 0 Å². The summed E-state index contributed by atoms with van der Waals surface area (Å²) < 4.78 is 39.6. The number of rotatable bonds is 1. The van der Waals surface area contributed by atoms with Gasteiger partial charge in [0.15, 0.2) is 0 Å². The zero-order valence-corrected chi connectivity index (χ0v) is 13.6. The topological polar surface area (TPSA) is 0 Å². The fraction of sp³-hybridized carbons (Fsp3) is 0.250. The number of benzene rings is 2. The average molecular weight is 390 g/mol. The summed E-state index contributed by atoms with van der Waals surface area (Å²) in [6.45, 7) is 5.90. The molecule has 0 aromatic heterocycles. The van der Waals surface area contributed by atoms with Crippen molar-refractivity contribution < 1.29 is 13.2 Å². The molecule has 2 aromatic rings. The van der Waals surface area contributed by atoms with Gasteiger partial charge in [0.25, 0.3) is 0 Å². The van der Waals surface area contributed by atoms with Crippen LogP contribution in [0.1, 0.15) is 22.3 Å². The molecular formula is C16H14F3I. The molecule has 0 aliphatic heterocycles. The third-order valence-corrected chi connectivity index (χ3v) is 5.02. The number of hydrogen-bond donors (Lipinski definition) is 0. The van der Waals surface area contributed by atoms with Crippen molar-refractivity contribution in [2.75, 3.05) is 0 Å². The van der Waals surface area contributed by atoms with Gasteiger partial charge in [0.1, 0.15) is 0 Å². The lowest BCUT2D eigenvalue weighted by atomic mass is 9.93. The van der Waals surface area contributed by atoms with Gasteiger partial charge < -0.3 is 0 Å². The highest BCUT2D eigenvalue weighted by Crippen LogP contribution is 2.36. The summed E-state index contributed by atoms with van der Waals surface area (Å²) >= 11 is 2.24. The van der Waals surface area contributed by atoms with Gasteiger partial charge in [0, 0.05) is 3.57 Å². The monoisotopic (exact) mass is 390 g/mol. The molecular weight excluding hydrogens is 376 g/mol. The van der Waals surface area contributed by atoms with Gasteiger partial charge in [-0.2, -0.15) is 13.2 Å². The van der Waals surface area contributed by atoms with Crippen LogP contribution in [-0.4, -0.2) is 0 Å². The van der Waals surface area contributed by atoms with Crippen molar-refractivity contribution in [1.82, 2.24) is 0 Å². The fourth-order valence-corrected chi connectivity index (χ4v) is 2.88. The third kappa shape index (κ3) is 2.85. The van der Waals surface area contributed by atoms with E-state index < -0.39 is 11.7 Å². The van der Waals surface area contributed by atoms with E-state index in [0.717, 1.165) is 31.9 Å². The molecule has 0 spiro atoms. The molecule has 0 saturated heterocycles. The van der Waals surface area contributed by atoms with Crippen LogP contribution < -0.4 is 0 Å². The summed E-state index contributed by atoms with van der Waals surface area (Å²) in [5.74, 6) is 0. The molecule has 0 unspecified atom stereocenters. The summed E-state index contributed by atoms with van der Waals surface area (Å²) in [5.41, 5.74) is 4.08. The van der Waals surface area contributed by atoms with Crippen LogP contribution in [0.25, 0.3) is 11.1 Å². The minimum Gasteiger partial charge on any atom is -0.166 e. The van der Waals surface area contributed by atoms with Crippen molar-refractivity contribution in [3.63, 3.8) is 0 Å². The zero-order valence-electron chi connectivity index (χ0n) is 11.4. The normalized spacial score (nSPS) is 11.8. The van der Waals surface area contributed by atoms with Crippen molar-refractivity contribution in [1.29, 1.82) is 0 Å². The molecule has 0 fully saturated rings. The van der Waals surface area contributed by atoms with Crippen LogP contribution in [0, 0.1) is 24.3 Å². The zero-order chi connectivity index (χ0) is 15.1. The average Bonchev–Trinajstić information content (AvgIpc) is 2.35. The van der Waals surface area contributed by atoms with Crippen LogP contribution in [0.5, 0.6) is 0 Å². The molecule has 0 radical (unpaired) electrons. The first-order valence-electron chi connectivity index (χ1n) is 6.15. The molecule has 0 aliphatic carbocycles. The molecule has 0 amide bonds. The van der Waals surface area contributed by atoms with Crippen LogP contribution in [0.3, 0.4) is 0 Å². The Morgan fingerprint density at radius 3 is 2.20 bits per heavy atom. The molecule has 106 valence electrons. The molecule has 4 heteroatoms. The van der Waals surface area contributed by atoms with Crippen molar-refractivity contribution in [3.8, 4) is 11.1 Å². The maximum absolute atomic E-state index is 12.8. The van der Waals surface area contributed by atoms with Crippen LogP contribution in [-0.2, 0) is 6.18 Å². The van der Waals surface area contributed by atoms with Gasteiger partial charge in [-0.25, -0.2) is 0 Å². The van der Waals surface area contributed by atoms with Crippen LogP contribution in [0.4, 0.5) is 13.2 Å². The Morgan fingerprint density at radius 1 is 0.950 bits per heavy atom. The minimum atomic E-state index is -4.31. The van der Waals surface area contributed by atoms with E-state index in [1.165, 1.54) is 12.1 Å². The van der Waals surface area contributed by atoms with Gasteiger partial charge >= 0.3 is 6.18 Å². The summed E-state index contributed by atoms with van der Waals surface area (Å²) in [6.07, 6.45) is -4.31. The fourth-order valence-electron chi connectivity index (χ4n) is 2.46. The smallest absolute Gasteiger partial charge is 0.166 e. The van der Waals surface area contributed by atoms with Gasteiger partial charge in [-0.1, -0.05) is 18.2 Å². The molecule has 20 heavy (non-hydrogen) atoms. The SMILES string of the molecule is Cc1cc(C)c(-c2cccc(C(F)(F)F)c2)c(C)c1I. The van der Waals surface area contributed by atoms with Gasteiger partial charge in [-0.15, -0.1) is 0 Å². The first-order valence-corrected chi connectivity index (χ1v) is 7.23. The van der Waals surface area contributed by atoms with Gasteiger partial charge in [0.2, 0.25) is 0 Å². The quantitative estimate of drug-likeness (QED) is 0.532. The lowest BCUT2D eigenvalue weighted by Crippen LogP contribution is -2.05. The molecule has 2 rings (SSSR count). The number of halogens is 4. The highest BCUT2D eigenvalue weighted by molar-refractivity contribution is 14.1. The van der Waals surface area contributed by atoms with Gasteiger partial charge in [-0.05, 0) is 83.3 Å². The second-order valence-electron chi connectivity index (χ2n) is 4.90. The van der Waals surface area contributed by atoms with E-state index in [2.05, 4.69) is 22.6 Å². The second kappa shape index (κ2) is 5.39. The minimum absolute atomic E-state index is 0.607. The Labute approximate surface area is 130 Å². The lowest BCUT2D eigenvalue weighted by Gasteiger charge is -2.16. The maximum Gasteiger partial charge on any atom is 0.416 e. The highest BCUT2D eigenvalue weighted by Gasteiger charge is 2.30. The van der Waals surface area contributed by atoms with Crippen molar-refractivity contribution in [2.24, 2.45) is 0 Å². The first-order chi connectivity index (χ1) is 9.21. The highest BCUT2D eigenvalue weighted by atomic mass is 127. The van der Waals surface area contributed by atoms with Gasteiger partial charge in [0.05, 0.1) is 5.56 Å². The van der Waals surface area contributed by atoms with Gasteiger partial charge in [-0.3, -0.25) is 0 Å². The van der Waals surface area contributed by atoms with Crippen LogP contribution >= 0.6 is 22.6 Å². The standard InChI is InChI=1S/C16H14F3I/c1-9-7-10(2)15(20)11(3)14(9)12-5-4-6-13(8-12)16(17,18)19/h4-8H,1-3H3. The summed E-state index contributed by atoms with van der Waals surface area (Å²) in [7, 11) is 0. The second-order valence-corrected chi connectivity index (χ2v) is 5.98. The Morgan fingerprint density at radius 2 is 1.60 bits per heavy atom. The Hall–Kier alpha value is -1.04. The molecule has 0 bridgehead atoms. The molecule has 2 aromatic carbocycles. The van der Waals surface area contributed by atoms with E-state index in [-0.39, 0.29) is 0 Å². The Bertz CT molecular complexity index is 658. The summed E-state index contributed by atoms with van der Waals surface area (Å²) in [5, 5.41) is 0. The van der Waals surface area contributed by atoms with E-state index in [1.54, 1.807) is 6.07 Å². The van der Waals surface area contributed by atoms with Crippen molar-refractivity contribution in [3.05, 3.63) is 56.2 Å². The third-order valence-electron chi connectivity index (χ3n) is 3.36. The summed E-state index contributed by atoms with van der Waals surface area (Å²) in [4.78, 5) is 0. The molecule has 0 saturated carbocycles. The van der Waals surface area contributed by atoms with Crippen LogP contribution in [0.15, 0.2) is 30.3 Å². The molecule has 0 nitrogen and oxygen atoms in total. The van der Waals surface area contributed by atoms with Crippen molar-refractivity contribution >= 4 is 22.6 Å². The number of hydrogen-bond acceptors (Lipinski definition) is 0. The molecule has 0 atom stereocenters. The van der Waals surface area contributed by atoms with E-state index in [0.29, 0.717) is 5.56 Å². The molecule has 0 N–H and O–H groups in total. The number of aryl methyl sites for hydroxylation is 2. The first kappa shape index (κ1) is 15.4. The van der Waals surface area contributed by atoms with E-state index in [9.17, 15) is 13.2 Å². The number of alkyl halides is 3. The Kier molecular flexibility index (Phi) is 4.14. The Balaban J connectivity index is 2.67. The predicted octanol–water partition coefficient (Wildman–Crippen LogP) is 5.90. The maximum atomic E-state index is 12.8. The van der Waals surface area contributed by atoms with E-state index in [4.69, 9.17) is 0 Å².